The molecule has 538 valence electrons. The molecule has 35 nitrogen and oxygen atoms in total. The Hall–Kier alpha value is -9.49. The van der Waals surface area contributed by atoms with Gasteiger partial charge in [-0.05, 0) is 64.7 Å². The molecule has 1 saturated heterocycles. The summed E-state index contributed by atoms with van der Waals surface area (Å²) in [6.07, 6.45) is -1.80. The number of H-pyrrole nitrogens is 1. The van der Waals surface area contributed by atoms with Crippen LogP contribution in [0.15, 0.2) is 72.4 Å². The van der Waals surface area contributed by atoms with E-state index in [1.807, 2.05) is 6.08 Å². The van der Waals surface area contributed by atoms with E-state index < -0.39 is 225 Å². The van der Waals surface area contributed by atoms with Crippen molar-refractivity contribution >= 4 is 70.9 Å². The molecule has 0 spiro atoms. The van der Waals surface area contributed by atoms with Gasteiger partial charge in [0.15, 0.2) is 12.4 Å². The van der Waals surface area contributed by atoms with Crippen molar-refractivity contribution in [2.75, 3.05) is 13.2 Å². The van der Waals surface area contributed by atoms with Gasteiger partial charge in [0.25, 0.3) is 17.7 Å². The van der Waals surface area contributed by atoms with Crippen LogP contribution in [0.25, 0.3) is 11.3 Å². The third-order valence-corrected chi connectivity index (χ3v) is 15.9. The highest BCUT2D eigenvalue weighted by Crippen LogP contribution is 2.32. The van der Waals surface area contributed by atoms with Crippen molar-refractivity contribution in [2.24, 2.45) is 11.5 Å². The van der Waals surface area contributed by atoms with Crippen LogP contribution in [0.2, 0.25) is 0 Å². The fraction of sp³-hybridized carbons (Fsp3) is 0.540. The molecule has 15 unspecified atom stereocenters. The van der Waals surface area contributed by atoms with Gasteiger partial charge < -0.3 is 115 Å². The number of benzene rings is 1. The molecule has 15 atom stereocenters. The molecule has 5 rings (SSSR count). The molecular weight excluding hydrogens is 1290 g/mol. The van der Waals surface area contributed by atoms with Crippen LogP contribution in [0.4, 0.5) is 0 Å². The summed E-state index contributed by atoms with van der Waals surface area (Å²) in [6, 6.07) is -9.64. The highest BCUT2D eigenvalue weighted by molar-refractivity contribution is 6.04. The Labute approximate surface area is 563 Å². The van der Waals surface area contributed by atoms with Crippen molar-refractivity contribution < 1.29 is 103 Å². The molecule has 3 aliphatic rings. The number of phenols is 1. The lowest BCUT2D eigenvalue weighted by Gasteiger charge is -2.36. The molecule has 1 fully saturated rings. The molecule has 12 amide bonds. The van der Waals surface area contributed by atoms with E-state index in [1.165, 1.54) is 44.2 Å². The number of hydrogen-bond donors (Lipinski definition) is 20. The molecule has 98 heavy (non-hydrogen) atoms. The third kappa shape index (κ3) is 23.4. The maximum Gasteiger partial charge on any atom is 0.268 e. The van der Waals surface area contributed by atoms with Crippen LogP contribution >= 0.6 is 0 Å². The van der Waals surface area contributed by atoms with Crippen molar-refractivity contribution in [3.63, 3.8) is 0 Å². The minimum atomic E-state index is -2.25. The smallest absolute Gasteiger partial charge is 0.268 e. The van der Waals surface area contributed by atoms with Gasteiger partial charge in [0.1, 0.15) is 77.8 Å². The van der Waals surface area contributed by atoms with Gasteiger partial charge in [-0.3, -0.25) is 57.5 Å². The number of aromatic amines is 1. The molecule has 2 aromatic rings. The van der Waals surface area contributed by atoms with Crippen LogP contribution in [0.5, 0.6) is 5.75 Å². The second-order valence-electron chi connectivity index (χ2n) is 23.7. The van der Waals surface area contributed by atoms with Gasteiger partial charge in [-0.1, -0.05) is 81.6 Å². The van der Waals surface area contributed by atoms with E-state index in [-0.39, 0.29) is 22.5 Å². The normalized spacial score (nSPS) is 26.2. The van der Waals surface area contributed by atoms with E-state index in [0.717, 1.165) is 70.9 Å². The molecule has 0 radical (unpaired) electrons. The Balaban J connectivity index is 1.62. The summed E-state index contributed by atoms with van der Waals surface area (Å²) in [5.41, 5.74) is 9.42. The molecule has 0 saturated carbocycles. The van der Waals surface area contributed by atoms with E-state index in [4.69, 9.17) is 20.9 Å². The maximum absolute atomic E-state index is 15.0. The van der Waals surface area contributed by atoms with E-state index >= 15 is 0 Å². The first kappa shape index (κ1) is 79.2. The summed E-state index contributed by atoms with van der Waals surface area (Å²) in [7, 11) is 0. The van der Waals surface area contributed by atoms with Crippen LogP contribution < -0.4 is 64.6 Å². The number of hydrogen-bond acceptors (Lipinski definition) is 22. The first-order valence-electron chi connectivity index (χ1n) is 31.9. The largest absolute Gasteiger partial charge is 0.507 e. The van der Waals surface area contributed by atoms with Crippen LogP contribution in [0.3, 0.4) is 0 Å². The molecule has 22 N–H and O–H groups in total. The minimum Gasteiger partial charge on any atom is -0.507 e. The quantitative estimate of drug-likeness (QED) is 0.0280. The second-order valence-corrected chi connectivity index (χ2v) is 23.7. The Morgan fingerprint density at radius 3 is 2.16 bits per heavy atom. The number of allylic oxidation sites excluding steroid dienone is 5. The first-order valence-corrected chi connectivity index (χ1v) is 31.9. The molecule has 0 aliphatic carbocycles. The topological polar surface area (TPSA) is 566 Å². The summed E-state index contributed by atoms with van der Waals surface area (Å²) in [4.78, 5) is 175. The number of rotatable bonds is 23. The number of primary amides is 2. The molecule has 35 heteroatoms. The van der Waals surface area contributed by atoms with Crippen molar-refractivity contribution in [1.82, 2.24) is 63.1 Å². The number of ether oxygens (including phenoxy) is 2. The lowest BCUT2D eigenvalue weighted by molar-refractivity contribution is -0.283. The highest BCUT2D eigenvalue weighted by atomic mass is 16.7. The summed E-state index contributed by atoms with van der Waals surface area (Å²) in [5, 5.41) is 99.8. The second kappa shape index (κ2) is 38.5. The minimum absolute atomic E-state index is 0.00450. The fourth-order valence-corrected chi connectivity index (χ4v) is 10.4. The zero-order valence-electron chi connectivity index (χ0n) is 54.8. The number of aliphatic hydroxyl groups excluding tert-OH is 6. The van der Waals surface area contributed by atoms with Crippen LogP contribution in [0, 0.1) is 0 Å². The first-order chi connectivity index (χ1) is 46.5. The van der Waals surface area contributed by atoms with Gasteiger partial charge in [0, 0.05) is 30.5 Å². The van der Waals surface area contributed by atoms with Gasteiger partial charge in [-0.2, -0.15) is 0 Å². The van der Waals surface area contributed by atoms with Gasteiger partial charge in [0.05, 0.1) is 49.8 Å². The van der Waals surface area contributed by atoms with Gasteiger partial charge in [-0.25, -0.2) is 4.98 Å². The van der Waals surface area contributed by atoms with Crippen molar-refractivity contribution in [3.8, 4) is 17.0 Å². The lowest BCUT2D eigenvalue weighted by atomic mass is 9.97. The number of fused-ring (bicyclic) bond motifs is 2. The number of nitrogens with zero attached hydrogens (tertiary/aromatic N) is 1. The number of nitrogens with one attached hydrogen (secondary N) is 11. The number of nitrogens with two attached hydrogens (primary N) is 2. The Morgan fingerprint density at radius 2 is 1.49 bits per heavy atom. The molecule has 1 aromatic heterocycles. The number of aromatic nitrogens is 2. The predicted octanol–water partition coefficient (Wildman–Crippen LogP) is -5.61. The Bertz CT molecular complexity index is 3320. The van der Waals surface area contributed by atoms with E-state index in [9.17, 15) is 93.3 Å². The zero-order valence-corrected chi connectivity index (χ0v) is 54.8. The number of phenolic OH excluding ortho intramolecular Hbond substituents is 1. The van der Waals surface area contributed by atoms with Crippen molar-refractivity contribution in [1.29, 1.82) is 0 Å². The summed E-state index contributed by atoms with van der Waals surface area (Å²) >= 11 is 0. The number of aliphatic hydroxyl groups is 6. The van der Waals surface area contributed by atoms with Gasteiger partial charge in [-0.15, -0.1) is 0 Å². The van der Waals surface area contributed by atoms with Gasteiger partial charge in [0.2, 0.25) is 53.2 Å². The molecule has 4 heterocycles. The van der Waals surface area contributed by atoms with Gasteiger partial charge >= 0.3 is 0 Å². The van der Waals surface area contributed by atoms with Crippen LogP contribution in [0.1, 0.15) is 110 Å². The summed E-state index contributed by atoms with van der Waals surface area (Å²) in [6.45, 7) is 5.28. The van der Waals surface area contributed by atoms with E-state index in [1.54, 1.807) is 6.08 Å². The number of aromatic hydroxyl groups is 1. The monoisotopic (exact) mass is 1380 g/mol. The van der Waals surface area contributed by atoms with Crippen molar-refractivity contribution in [3.05, 3.63) is 83.6 Å². The summed E-state index contributed by atoms with van der Waals surface area (Å²) in [5.74, 6) is -15.2. The van der Waals surface area contributed by atoms with E-state index in [2.05, 4.69) is 70.1 Å². The number of imidazole rings is 1. The summed E-state index contributed by atoms with van der Waals surface area (Å²) < 4.78 is 11.2. The number of unbranched alkanes of at least 4 members (excludes halogenated alkanes) is 6. The van der Waals surface area contributed by atoms with Crippen LogP contribution in [-0.2, 0) is 79.8 Å². The lowest BCUT2D eigenvalue weighted by Crippen LogP contribution is -2.64. The maximum atomic E-state index is 15.0. The average Bonchev–Trinajstić information content (AvgIpc) is 1.47. The molecule has 1 aromatic carbocycles. The van der Waals surface area contributed by atoms with E-state index in [0.29, 0.717) is 6.42 Å². The Kier molecular flexibility index (Phi) is 31.1. The average molecular weight is 1380 g/mol. The van der Waals surface area contributed by atoms with Crippen molar-refractivity contribution in [2.45, 2.75) is 203 Å². The molecule has 4 bridgehead atoms. The fourth-order valence-electron chi connectivity index (χ4n) is 10.4. The number of carbonyl (C=O) groups excluding carboxylic acids is 12. The molecule has 3 aliphatic heterocycles. The third-order valence-electron chi connectivity index (χ3n) is 15.9. The standard InChI is InChI=1S/C63H90N14O21/c1-6-9-10-11-12-13-14-15-16-17-18-43(98-63-53(87)51(85)42(81)28-97-63)52(86)62(96)72-35(8-3)54(88)75-47-30(4)69-57(91)39-25-37-49(68-29-67-37)33-23-32(19-21-40(33)79)24-38(74-61(95)48(31(5)78)76-60(47)94)58(92)71-34(7-2)55(89)77-50(41(80)26-45(65)83)59(93)66-27-46(84)70-36(56(90)73-39)20-22-44(64)82/h7-8,15-19,21,23,29-31,36,38-39,41-43,47-48,50-53,63,78-81,85-87H,6,9-14,20,22,24-28H2,1-5H3,(H2,64,82)(H2,65,83)(H,66,93)(H,67,68)(H,69,91)(H,70,84)(H,71,92)(H,72,96)(H,73,90)(H,74,95)(H,75,88)(H,76,94)(H,77,89). The Morgan fingerprint density at radius 1 is 0.796 bits per heavy atom. The number of amides is 12. The molecular formula is C63H90N14O21. The predicted molar refractivity (Wildman–Crippen MR) is 344 cm³/mol. The highest BCUT2D eigenvalue weighted by Gasteiger charge is 2.43. The zero-order chi connectivity index (χ0) is 72.5. The number of carbonyl (C=O) groups is 12. The SMILES string of the molecule is CC=C1NC(=O)C2Cc3ccc(O)c(c3)-c3nc[nH]c3CC(NC(=O)C(CCC(N)=O)NC(=O)CNC(=O)C(C(O)CC(N)=O)NC1=O)C(=O)NC(C)C(NC(=O)C(=CC)NC(=O)C(O)C(C=CC=CCCCCCCCC)OC1OCC(O)C(O)C1O)C(=O)NC(C(C)O)C(=O)N2. The van der Waals surface area contributed by atoms with Crippen LogP contribution in [-0.4, -0.2) is 221 Å².